The predicted molar refractivity (Wildman–Crippen MR) is 138 cm³/mol. The van der Waals surface area contributed by atoms with Crippen LogP contribution in [0.2, 0.25) is 0 Å². The molecule has 4 unspecified atom stereocenters. The Bertz CT molecular complexity index is 1260. The number of nitrogens with one attached hydrogen (secondary N) is 3. The number of rotatable bonds is 13. The molecule has 3 rings (SSSR count). The number of H-pyrrole nitrogens is 1. The number of para-hydroxylation sites is 1. The molecule has 14 heteroatoms. The smallest absolute Gasteiger partial charge is 0.326 e. The fourth-order valence-corrected chi connectivity index (χ4v) is 4.61. The summed E-state index contributed by atoms with van der Waals surface area (Å²) in [5, 5.41) is 15.4. The number of likely N-dealkylation sites (tertiary alicyclic amines) is 1. The first-order chi connectivity index (χ1) is 18.5. The van der Waals surface area contributed by atoms with E-state index in [-0.39, 0.29) is 32.2 Å². The van der Waals surface area contributed by atoms with Crippen molar-refractivity contribution in [1.82, 2.24) is 20.5 Å². The van der Waals surface area contributed by atoms with Crippen molar-refractivity contribution in [3.63, 3.8) is 0 Å². The Labute approximate surface area is 223 Å². The van der Waals surface area contributed by atoms with Crippen LogP contribution < -0.4 is 27.8 Å². The van der Waals surface area contributed by atoms with Crippen molar-refractivity contribution < 1.29 is 33.9 Å². The van der Waals surface area contributed by atoms with E-state index in [1.165, 1.54) is 4.90 Å². The van der Waals surface area contributed by atoms with Crippen LogP contribution in [0, 0.1) is 0 Å². The summed E-state index contributed by atoms with van der Waals surface area (Å²) >= 11 is 0. The lowest BCUT2D eigenvalue weighted by Gasteiger charge is -2.28. The average molecular weight is 544 g/mol. The summed E-state index contributed by atoms with van der Waals surface area (Å²) < 4.78 is 0. The van der Waals surface area contributed by atoms with E-state index < -0.39 is 66.1 Å². The number of aromatic amines is 1. The number of amides is 5. The van der Waals surface area contributed by atoms with Crippen LogP contribution >= 0.6 is 0 Å². The number of fused-ring (bicyclic) bond motifs is 1. The number of nitrogens with two attached hydrogens (primary N) is 3. The fraction of sp³-hybridized carbons (Fsp3) is 0.440. The Kier molecular flexibility index (Phi) is 9.60. The summed E-state index contributed by atoms with van der Waals surface area (Å²) in [5.41, 5.74) is 17.7. The van der Waals surface area contributed by atoms with E-state index in [4.69, 9.17) is 17.2 Å². The van der Waals surface area contributed by atoms with Gasteiger partial charge in [-0.2, -0.15) is 0 Å². The molecular weight excluding hydrogens is 510 g/mol. The van der Waals surface area contributed by atoms with Gasteiger partial charge in [-0.1, -0.05) is 18.2 Å². The minimum absolute atomic E-state index is 0.0126. The number of aliphatic carboxylic acids is 1. The second-order valence-corrected chi connectivity index (χ2v) is 9.50. The number of carboxylic acid groups (broad SMARTS) is 1. The van der Waals surface area contributed by atoms with Crippen LogP contribution in [0.1, 0.15) is 37.7 Å². The van der Waals surface area contributed by atoms with E-state index in [9.17, 15) is 33.9 Å². The number of benzene rings is 1. The van der Waals surface area contributed by atoms with Crippen molar-refractivity contribution >= 4 is 46.4 Å². The molecule has 0 spiro atoms. The number of carbonyl (C=O) groups excluding carboxylic acids is 5. The minimum atomic E-state index is -1.47. The zero-order valence-corrected chi connectivity index (χ0v) is 21.2. The molecule has 210 valence electrons. The van der Waals surface area contributed by atoms with Crippen molar-refractivity contribution in [2.45, 2.75) is 62.7 Å². The molecule has 1 aromatic heterocycles. The molecular formula is C25H33N7O7. The second kappa shape index (κ2) is 12.9. The molecule has 0 radical (unpaired) electrons. The van der Waals surface area contributed by atoms with Gasteiger partial charge in [0.15, 0.2) is 0 Å². The molecule has 1 aromatic carbocycles. The highest BCUT2D eigenvalue weighted by Crippen LogP contribution is 2.21. The van der Waals surface area contributed by atoms with Crippen LogP contribution in [0.25, 0.3) is 10.9 Å². The molecule has 0 bridgehead atoms. The fourth-order valence-electron chi connectivity index (χ4n) is 4.61. The summed E-state index contributed by atoms with van der Waals surface area (Å²) in [6, 6.07) is 2.41. The number of carboxylic acids is 1. The highest BCUT2D eigenvalue weighted by atomic mass is 16.4. The van der Waals surface area contributed by atoms with Crippen molar-refractivity contribution in [2.75, 3.05) is 6.54 Å². The Morgan fingerprint density at radius 2 is 1.77 bits per heavy atom. The number of carbonyl (C=O) groups is 6. The normalized spacial score (nSPS) is 17.3. The highest BCUT2D eigenvalue weighted by Gasteiger charge is 2.38. The maximum absolute atomic E-state index is 13.1. The largest absolute Gasteiger partial charge is 0.480 e. The standard InChI is InChI=1S/C25H33N7O7/c26-15(7-8-20(27)33)24(37)32-9-3-6-19(32)23(36)30-17(11-21(28)34)22(35)31-18(25(38)39)10-13-12-29-16-5-2-1-4-14(13)16/h1-2,4-5,12,15,17-19,29H,3,6-11,26H2,(H2,27,33)(H2,28,34)(H,30,36)(H,31,35)(H,38,39). The third kappa shape index (κ3) is 7.54. The molecule has 0 saturated carbocycles. The van der Waals surface area contributed by atoms with Gasteiger partial charge in [-0.3, -0.25) is 24.0 Å². The van der Waals surface area contributed by atoms with Gasteiger partial charge in [-0.15, -0.1) is 0 Å². The van der Waals surface area contributed by atoms with E-state index >= 15 is 0 Å². The first-order valence-corrected chi connectivity index (χ1v) is 12.5. The monoisotopic (exact) mass is 543 g/mol. The molecule has 4 atom stereocenters. The lowest BCUT2D eigenvalue weighted by molar-refractivity contribution is -0.143. The van der Waals surface area contributed by atoms with Crippen LogP contribution in [0.5, 0.6) is 0 Å². The lowest BCUT2D eigenvalue weighted by Crippen LogP contribution is -2.57. The molecule has 14 nitrogen and oxygen atoms in total. The van der Waals surface area contributed by atoms with E-state index in [2.05, 4.69) is 15.6 Å². The van der Waals surface area contributed by atoms with Gasteiger partial charge in [0.2, 0.25) is 29.5 Å². The average Bonchev–Trinajstić information content (AvgIpc) is 3.53. The van der Waals surface area contributed by atoms with E-state index in [1.54, 1.807) is 12.3 Å². The van der Waals surface area contributed by atoms with Gasteiger partial charge in [0.05, 0.1) is 12.5 Å². The topological polar surface area (TPSA) is 244 Å². The second-order valence-electron chi connectivity index (χ2n) is 9.50. The summed E-state index contributed by atoms with van der Waals surface area (Å²) in [4.78, 5) is 77.9. The molecule has 1 aliphatic heterocycles. The minimum Gasteiger partial charge on any atom is -0.480 e. The zero-order valence-electron chi connectivity index (χ0n) is 21.2. The van der Waals surface area contributed by atoms with Crippen molar-refractivity contribution in [1.29, 1.82) is 0 Å². The van der Waals surface area contributed by atoms with Gasteiger partial charge in [-0.05, 0) is 30.9 Å². The summed E-state index contributed by atoms with van der Waals surface area (Å²) in [7, 11) is 0. The molecule has 10 N–H and O–H groups in total. The Morgan fingerprint density at radius 1 is 1.05 bits per heavy atom. The number of nitrogens with zero attached hydrogens (tertiary/aromatic N) is 1. The van der Waals surface area contributed by atoms with Crippen LogP contribution in [-0.4, -0.2) is 81.2 Å². The van der Waals surface area contributed by atoms with Gasteiger partial charge in [-0.25, -0.2) is 4.79 Å². The van der Waals surface area contributed by atoms with Crippen molar-refractivity contribution in [2.24, 2.45) is 17.2 Å². The maximum Gasteiger partial charge on any atom is 0.326 e. The first kappa shape index (κ1) is 29.1. The number of hydrogen-bond acceptors (Lipinski definition) is 7. The Hall–Kier alpha value is -4.46. The summed E-state index contributed by atoms with van der Waals surface area (Å²) in [6.45, 7) is 0.236. The number of primary amides is 2. The molecule has 0 aliphatic carbocycles. The lowest BCUT2D eigenvalue weighted by atomic mass is 10.0. The Morgan fingerprint density at radius 3 is 2.44 bits per heavy atom. The van der Waals surface area contributed by atoms with Gasteiger partial charge < -0.3 is 42.8 Å². The van der Waals surface area contributed by atoms with E-state index in [0.717, 1.165) is 10.9 Å². The molecule has 39 heavy (non-hydrogen) atoms. The Balaban J connectivity index is 1.70. The SMILES string of the molecule is NC(=O)CCC(N)C(=O)N1CCCC1C(=O)NC(CC(N)=O)C(=O)NC(Cc1c[nH]c2ccccc12)C(=O)O. The number of aromatic nitrogens is 1. The third-order valence-electron chi connectivity index (χ3n) is 6.61. The molecule has 2 heterocycles. The zero-order chi connectivity index (χ0) is 28.7. The predicted octanol–water partition coefficient (Wildman–Crippen LogP) is -1.78. The van der Waals surface area contributed by atoms with Crippen LogP contribution in [0.3, 0.4) is 0 Å². The molecule has 2 aromatic rings. The van der Waals surface area contributed by atoms with Crippen molar-refractivity contribution in [3.05, 3.63) is 36.0 Å². The quantitative estimate of drug-likeness (QED) is 0.152. The van der Waals surface area contributed by atoms with Crippen LogP contribution in [0.15, 0.2) is 30.5 Å². The highest BCUT2D eigenvalue weighted by molar-refractivity contribution is 5.96. The first-order valence-electron chi connectivity index (χ1n) is 12.5. The molecule has 1 aliphatic rings. The van der Waals surface area contributed by atoms with Crippen molar-refractivity contribution in [3.8, 4) is 0 Å². The van der Waals surface area contributed by atoms with Gasteiger partial charge in [0.25, 0.3) is 0 Å². The maximum atomic E-state index is 13.1. The molecule has 1 fully saturated rings. The summed E-state index contributed by atoms with van der Waals surface area (Å²) in [5.74, 6) is -4.99. The molecule has 1 saturated heterocycles. The van der Waals surface area contributed by atoms with E-state index in [1.807, 2.05) is 18.2 Å². The molecule has 5 amide bonds. The van der Waals surface area contributed by atoms with E-state index in [0.29, 0.717) is 12.0 Å². The van der Waals surface area contributed by atoms with Gasteiger partial charge in [0.1, 0.15) is 18.1 Å². The third-order valence-corrected chi connectivity index (χ3v) is 6.61. The van der Waals surface area contributed by atoms with Gasteiger partial charge >= 0.3 is 5.97 Å². The van der Waals surface area contributed by atoms with Crippen LogP contribution in [0.4, 0.5) is 0 Å². The number of hydrogen-bond donors (Lipinski definition) is 7. The van der Waals surface area contributed by atoms with Crippen LogP contribution in [-0.2, 0) is 35.2 Å². The van der Waals surface area contributed by atoms with Gasteiger partial charge in [0, 0.05) is 36.5 Å². The summed E-state index contributed by atoms with van der Waals surface area (Å²) in [6.07, 6.45) is 1.69.